The van der Waals surface area contributed by atoms with Gasteiger partial charge in [-0.05, 0) is 37.3 Å². The van der Waals surface area contributed by atoms with Gasteiger partial charge in [0.05, 0.1) is 11.5 Å². The Morgan fingerprint density at radius 1 is 1.62 bits per heavy atom. The lowest BCUT2D eigenvalue weighted by molar-refractivity contribution is 0.479. The molecule has 0 amide bonds. The number of hydrogen-bond acceptors (Lipinski definition) is 4. The molecule has 1 aliphatic heterocycles. The third-order valence-electron chi connectivity index (χ3n) is 3.01. The van der Waals surface area contributed by atoms with Crippen molar-refractivity contribution >= 4 is 21.2 Å². The largest absolute Gasteiger partial charge is 0.309 e. The first-order valence-electron chi connectivity index (χ1n) is 5.54. The zero-order valence-electron chi connectivity index (χ0n) is 9.35. The van der Waals surface area contributed by atoms with Crippen LogP contribution in [0.1, 0.15) is 24.3 Å². The summed E-state index contributed by atoms with van der Waals surface area (Å²) in [5, 5.41) is 5.47. The molecular weight excluding hydrogens is 242 g/mol. The van der Waals surface area contributed by atoms with Gasteiger partial charge in [0, 0.05) is 10.9 Å². The molecule has 2 unspecified atom stereocenters. The van der Waals surface area contributed by atoms with Crippen LogP contribution >= 0.6 is 11.3 Å². The van der Waals surface area contributed by atoms with E-state index in [2.05, 4.69) is 23.7 Å². The van der Waals surface area contributed by atoms with E-state index in [-0.39, 0.29) is 0 Å². The summed E-state index contributed by atoms with van der Waals surface area (Å²) in [6.45, 7) is 2.92. The van der Waals surface area contributed by atoms with Crippen molar-refractivity contribution in [2.24, 2.45) is 5.92 Å². The lowest BCUT2D eigenvalue weighted by atomic mass is 10.1. The van der Waals surface area contributed by atoms with Gasteiger partial charge >= 0.3 is 0 Å². The van der Waals surface area contributed by atoms with Crippen molar-refractivity contribution in [3.8, 4) is 0 Å². The third-order valence-corrected chi connectivity index (χ3v) is 5.90. The van der Waals surface area contributed by atoms with E-state index in [1.807, 2.05) is 6.07 Å². The fraction of sp³-hybridized carbons (Fsp3) is 0.636. The summed E-state index contributed by atoms with van der Waals surface area (Å²) in [5.41, 5.74) is 0. The van der Waals surface area contributed by atoms with Gasteiger partial charge in [-0.3, -0.25) is 0 Å². The average Bonchev–Trinajstić information content (AvgIpc) is 2.83. The SMILES string of the molecule is CC(NCC1CCS(=O)(=O)C1)c1cccs1. The molecule has 5 heteroatoms. The molecule has 1 aliphatic rings. The van der Waals surface area contributed by atoms with Gasteiger partial charge in [0.15, 0.2) is 9.84 Å². The molecule has 1 saturated heterocycles. The second kappa shape index (κ2) is 4.85. The van der Waals surface area contributed by atoms with Crippen LogP contribution in [0.3, 0.4) is 0 Å². The standard InChI is InChI=1S/C11H17NO2S2/c1-9(11-3-2-5-15-11)12-7-10-4-6-16(13,14)8-10/h2-3,5,9-10,12H,4,6-8H2,1H3. The minimum absolute atomic E-state index is 0.299. The van der Waals surface area contributed by atoms with E-state index >= 15 is 0 Å². The third kappa shape index (κ3) is 3.06. The normalized spacial score (nSPS) is 25.7. The highest BCUT2D eigenvalue weighted by atomic mass is 32.2. The lowest BCUT2D eigenvalue weighted by Crippen LogP contribution is -2.25. The summed E-state index contributed by atoms with van der Waals surface area (Å²) in [6.07, 6.45) is 0.812. The van der Waals surface area contributed by atoms with Crippen molar-refractivity contribution in [1.29, 1.82) is 0 Å². The molecule has 0 saturated carbocycles. The number of rotatable bonds is 4. The maximum Gasteiger partial charge on any atom is 0.150 e. The number of nitrogens with one attached hydrogen (secondary N) is 1. The summed E-state index contributed by atoms with van der Waals surface area (Å²) in [7, 11) is -2.73. The highest BCUT2D eigenvalue weighted by molar-refractivity contribution is 7.91. The topological polar surface area (TPSA) is 46.2 Å². The monoisotopic (exact) mass is 259 g/mol. The fourth-order valence-electron chi connectivity index (χ4n) is 2.01. The van der Waals surface area contributed by atoms with Crippen LogP contribution in [0.4, 0.5) is 0 Å². The van der Waals surface area contributed by atoms with Gasteiger partial charge in [0.2, 0.25) is 0 Å². The van der Waals surface area contributed by atoms with E-state index in [1.165, 1.54) is 4.88 Å². The molecule has 90 valence electrons. The Hall–Kier alpha value is -0.390. The van der Waals surface area contributed by atoms with Crippen molar-refractivity contribution in [2.45, 2.75) is 19.4 Å². The molecule has 1 aromatic rings. The molecule has 1 N–H and O–H groups in total. The zero-order chi connectivity index (χ0) is 11.6. The van der Waals surface area contributed by atoms with Gasteiger partial charge in [-0.25, -0.2) is 8.42 Å². The summed E-state index contributed by atoms with van der Waals surface area (Å²) < 4.78 is 22.6. The van der Waals surface area contributed by atoms with Crippen LogP contribution in [-0.2, 0) is 9.84 Å². The molecule has 0 radical (unpaired) electrons. The van der Waals surface area contributed by atoms with Crippen LogP contribution in [0.25, 0.3) is 0 Å². The molecule has 3 nitrogen and oxygen atoms in total. The first-order valence-corrected chi connectivity index (χ1v) is 8.24. The molecule has 1 fully saturated rings. The minimum atomic E-state index is -2.73. The van der Waals surface area contributed by atoms with Gasteiger partial charge in [0.1, 0.15) is 0 Å². The second-order valence-electron chi connectivity index (χ2n) is 4.41. The highest BCUT2D eigenvalue weighted by Gasteiger charge is 2.27. The molecule has 0 spiro atoms. The van der Waals surface area contributed by atoms with Crippen molar-refractivity contribution in [2.75, 3.05) is 18.1 Å². The number of thiophene rings is 1. The van der Waals surface area contributed by atoms with Gasteiger partial charge in [-0.2, -0.15) is 0 Å². The van der Waals surface area contributed by atoms with Crippen LogP contribution < -0.4 is 5.32 Å². The summed E-state index contributed by atoms with van der Waals surface area (Å²) >= 11 is 1.73. The second-order valence-corrected chi connectivity index (χ2v) is 7.62. The van der Waals surface area contributed by atoms with E-state index in [4.69, 9.17) is 0 Å². The van der Waals surface area contributed by atoms with E-state index in [9.17, 15) is 8.42 Å². The van der Waals surface area contributed by atoms with Crippen LogP contribution in [-0.4, -0.2) is 26.5 Å². The molecule has 0 aromatic carbocycles. The Kier molecular flexibility index (Phi) is 3.66. The van der Waals surface area contributed by atoms with Gasteiger partial charge in [-0.15, -0.1) is 11.3 Å². The van der Waals surface area contributed by atoms with Crippen molar-refractivity contribution in [3.63, 3.8) is 0 Å². The maximum atomic E-state index is 11.3. The van der Waals surface area contributed by atoms with Gasteiger partial charge in [0.25, 0.3) is 0 Å². The zero-order valence-corrected chi connectivity index (χ0v) is 11.0. The Bertz CT molecular complexity index is 425. The summed E-state index contributed by atoms with van der Waals surface area (Å²) in [4.78, 5) is 1.31. The summed E-state index contributed by atoms with van der Waals surface area (Å²) in [5.74, 6) is 1.02. The minimum Gasteiger partial charge on any atom is -0.309 e. The van der Waals surface area contributed by atoms with Crippen molar-refractivity contribution < 1.29 is 8.42 Å². The van der Waals surface area contributed by atoms with E-state index in [0.717, 1.165) is 13.0 Å². The molecule has 0 bridgehead atoms. The Labute approximate surface area is 101 Å². The van der Waals surface area contributed by atoms with Gasteiger partial charge in [-0.1, -0.05) is 6.07 Å². The summed E-state index contributed by atoms with van der Waals surface area (Å²) in [6, 6.07) is 4.47. The molecular formula is C11H17NO2S2. The van der Waals surface area contributed by atoms with Crippen LogP contribution in [0.2, 0.25) is 0 Å². The van der Waals surface area contributed by atoms with E-state index < -0.39 is 9.84 Å². The van der Waals surface area contributed by atoms with E-state index in [1.54, 1.807) is 11.3 Å². The predicted molar refractivity (Wildman–Crippen MR) is 67.5 cm³/mol. The predicted octanol–water partition coefficient (Wildman–Crippen LogP) is 1.83. The van der Waals surface area contributed by atoms with Crippen LogP contribution in [0, 0.1) is 5.92 Å². The lowest BCUT2D eigenvalue weighted by Gasteiger charge is -2.15. The number of hydrogen-bond donors (Lipinski definition) is 1. The average molecular weight is 259 g/mol. The molecule has 2 atom stereocenters. The molecule has 2 rings (SSSR count). The quantitative estimate of drug-likeness (QED) is 0.897. The van der Waals surface area contributed by atoms with Gasteiger partial charge < -0.3 is 5.32 Å². The Balaban J connectivity index is 1.80. The smallest absolute Gasteiger partial charge is 0.150 e. The molecule has 16 heavy (non-hydrogen) atoms. The van der Waals surface area contributed by atoms with E-state index in [0.29, 0.717) is 23.5 Å². The maximum absolute atomic E-state index is 11.3. The van der Waals surface area contributed by atoms with Crippen molar-refractivity contribution in [1.82, 2.24) is 5.32 Å². The molecule has 0 aliphatic carbocycles. The molecule has 2 heterocycles. The Morgan fingerprint density at radius 2 is 2.44 bits per heavy atom. The highest BCUT2D eigenvalue weighted by Crippen LogP contribution is 2.21. The van der Waals surface area contributed by atoms with Crippen molar-refractivity contribution in [3.05, 3.63) is 22.4 Å². The fourth-order valence-corrected chi connectivity index (χ4v) is 4.64. The first kappa shape index (κ1) is 12.1. The number of sulfone groups is 1. The van der Waals surface area contributed by atoms with Crippen LogP contribution in [0.5, 0.6) is 0 Å². The first-order chi connectivity index (χ1) is 7.57. The Morgan fingerprint density at radius 3 is 3.00 bits per heavy atom. The van der Waals surface area contributed by atoms with Crippen LogP contribution in [0.15, 0.2) is 17.5 Å². The molecule has 1 aromatic heterocycles.